The quantitative estimate of drug-likeness (QED) is 0.793. The third kappa shape index (κ3) is 3.19. The van der Waals surface area contributed by atoms with E-state index in [0.29, 0.717) is 6.54 Å². The number of carbonyl (C=O) groups is 2. The van der Waals surface area contributed by atoms with Crippen LogP contribution in [-0.2, 0) is 14.3 Å². The third-order valence-corrected chi connectivity index (χ3v) is 5.54. The van der Waals surface area contributed by atoms with E-state index in [0.717, 1.165) is 51.5 Å². The molecule has 1 aromatic rings. The van der Waals surface area contributed by atoms with Crippen molar-refractivity contribution in [1.82, 2.24) is 14.7 Å². The lowest BCUT2D eigenvalue weighted by atomic mass is 9.97. The van der Waals surface area contributed by atoms with Gasteiger partial charge in [-0.25, -0.2) is 0 Å². The molecule has 3 fully saturated rings. The van der Waals surface area contributed by atoms with Crippen LogP contribution in [0.1, 0.15) is 51.0 Å². The first-order valence-corrected chi connectivity index (χ1v) is 9.21. The van der Waals surface area contributed by atoms with E-state index in [-0.39, 0.29) is 35.9 Å². The molecule has 3 aliphatic rings. The Balaban J connectivity index is 1.36. The Labute approximate surface area is 142 Å². The van der Waals surface area contributed by atoms with Crippen LogP contribution in [-0.4, -0.2) is 45.8 Å². The Kier molecular flexibility index (Phi) is 4.29. The molecule has 6 heteroatoms. The molecule has 0 radical (unpaired) electrons. The molecule has 1 unspecified atom stereocenters. The maximum Gasteiger partial charge on any atom is 0.311 e. The molecule has 2 aliphatic carbocycles. The lowest BCUT2D eigenvalue weighted by Gasteiger charge is -2.32. The Hall–Kier alpha value is -1.85. The molecule has 1 saturated heterocycles. The molecule has 3 atom stereocenters. The van der Waals surface area contributed by atoms with Crippen molar-refractivity contribution >= 4 is 11.9 Å². The molecule has 0 spiro atoms. The van der Waals surface area contributed by atoms with E-state index in [1.165, 1.54) is 0 Å². The zero-order valence-electron chi connectivity index (χ0n) is 14.0. The van der Waals surface area contributed by atoms with Crippen molar-refractivity contribution in [1.29, 1.82) is 0 Å². The summed E-state index contributed by atoms with van der Waals surface area (Å²) in [6.07, 6.45) is 10.3. The van der Waals surface area contributed by atoms with Crippen LogP contribution < -0.4 is 0 Å². The van der Waals surface area contributed by atoms with Crippen molar-refractivity contribution in [3.63, 3.8) is 0 Å². The summed E-state index contributed by atoms with van der Waals surface area (Å²) in [7, 11) is 0. The Bertz CT molecular complexity index is 597. The molecule has 0 aromatic carbocycles. The van der Waals surface area contributed by atoms with Crippen LogP contribution in [0, 0.1) is 11.8 Å². The molecule has 2 saturated carbocycles. The van der Waals surface area contributed by atoms with Crippen LogP contribution in [0.15, 0.2) is 18.5 Å². The second kappa shape index (κ2) is 6.57. The molecular weight excluding hydrogens is 306 g/mol. The van der Waals surface area contributed by atoms with Gasteiger partial charge in [-0.1, -0.05) is 0 Å². The highest BCUT2D eigenvalue weighted by atomic mass is 16.5. The summed E-state index contributed by atoms with van der Waals surface area (Å²) in [6.45, 7) is 1.33. The lowest BCUT2D eigenvalue weighted by molar-refractivity contribution is -0.158. The number of esters is 1. The van der Waals surface area contributed by atoms with E-state index in [1.807, 2.05) is 21.8 Å². The Morgan fingerprint density at radius 3 is 2.67 bits per heavy atom. The fourth-order valence-corrected chi connectivity index (χ4v) is 4.03. The minimum absolute atomic E-state index is 0.0908. The van der Waals surface area contributed by atoms with E-state index in [2.05, 4.69) is 5.10 Å². The van der Waals surface area contributed by atoms with Gasteiger partial charge in [-0.15, -0.1) is 0 Å². The fourth-order valence-electron chi connectivity index (χ4n) is 4.03. The summed E-state index contributed by atoms with van der Waals surface area (Å²) in [5, 5.41) is 4.30. The van der Waals surface area contributed by atoms with Crippen molar-refractivity contribution in [3.05, 3.63) is 18.5 Å². The van der Waals surface area contributed by atoms with Gasteiger partial charge in [-0.3, -0.25) is 14.3 Å². The predicted octanol–water partition coefficient (Wildman–Crippen LogP) is 2.17. The summed E-state index contributed by atoms with van der Waals surface area (Å²) < 4.78 is 7.77. The number of likely N-dealkylation sites (tertiary alicyclic amines) is 1. The normalized spacial score (nSPS) is 30.3. The standard InChI is InChI=1S/C18H25N3O3/c22-17(13-7-8-13)20-10-2-4-14(12-20)18(23)24-16-6-1-5-15(16)21-11-3-9-19-21/h3,9,11,13-16H,1-2,4-8,10,12H2/t14?,15-,16-/m1/s1. The van der Waals surface area contributed by atoms with E-state index >= 15 is 0 Å². The maximum atomic E-state index is 12.6. The van der Waals surface area contributed by atoms with E-state index in [9.17, 15) is 9.59 Å². The smallest absolute Gasteiger partial charge is 0.311 e. The number of aromatic nitrogens is 2. The van der Waals surface area contributed by atoms with Gasteiger partial charge in [0.15, 0.2) is 0 Å². The van der Waals surface area contributed by atoms with E-state index in [1.54, 1.807) is 6.20 Å². The first-order valence-electron chi connectivity index (χ1n) is 9.21. The molecule has 6 nitrogen and oxygen atoms in total. The molecule has 0 N–H and O–H groups in total. The number of hydrogen-bond acceptors (Lipinski definition) is 4. The highest BCUT2D eigenvalue weighted by Gasteiger charge is 2.39. The first kappa shape index (κ1) is 15.7. The Morgan fingerprint density at radius 1 is 1.04 bits per heavy atom. The monoisotopic (exact) mass is 331 g/mol. The van der Waals surface area contributed by atoms with Crippen LogP contribution >= 0.6 is 0 Å². The number of rotatable bonds is 4. The summed E-state index contributed by atoms with van der Waals surface area (Å²) >= 11 is 0. The van der Waals surface area contributed by atoms with Crippen molar-refractivity contribution in [2.24, 2.45) is 11.8 Å². The second-order valence-corrected chi connectivity index (χ2v) is 7.36. The van der Waals surface area contributed by atoms with Gasteiger partial charge < -0.3 is 9.64 Å². The van der Waals surface area contributed by atoms with Gasteiger partial charge in [0.1, 0.15) is 6.10 Å². The van der Waals surface area contributed by atoms with Gasteiger partial charge in [-0.2, -0.15) is 5.10 Å². The molecule has 4 rings (SSSR count). The number of ether oxygens (including phenoxy) is 1. The zero-order valence-corrected chi connectivity index (χ0v) is 14.0. The molecule has 1 amide bonds. The average Bonchev–Trinajstić information content (AvgIpc) is 3.11. The number of nitrogens with zero attached hydrogens (tertiary/aromatic N) is 3. The first-order chi connectivity index (χ1) is 11.7. The van der Waals surface area contributed by atoms with Crippen LogP contribution in [0.25, 0.3) is 0 Å². The molecule has 1 aliphatic heterocycles. The third-order valence-electron chi connectivity index (χ3n) is 5.54. The average molecular weight is 331 g/mol. The van der Waals surface area contributed by atoms with Crippen LogP contribution in [0.3, 0.4) is 0 Å². The van der Waals surface area contributed by atoms with Crippen LogP contribution in [0.4, 0.5) is 0 Å². The van der Waals surface area contributed by atoms with Crippen molar-refractivity contribution in [3.8, 4) is 0 Å². The summed E-state index contributed by atoms with van der Waals surface area (Å²) in [4.78, 5) is 26.8. The van der Waals surface area contributed by atoms with Crippen LogP contribution in [0.5, 0.6) is 0 Å². The molecular formula is C18H25N3O3. The summed E-state index contributed by atoms with van der Waals surface area (Å²) in [6, 6.07) is 2.05. The van der Waals surface area contributed by atoms with Gasteiger partial charge in [0.05, 0.1) is 12.0 Å². The minimum Gasteiger partial charge on any atom is -0.460 e. The SMILES string of the molecule is O=C(O[C@@H]1CCC[C@H]1n1cccn1)C1CCCN(C(=O)C2CC2)C1. The molecule has 130 valence electrons. The zero-order chi connectivity index (χ0) is 16.5. The highest BCUT2D eigenvalue weighted by molar-refractivity contribution is 5.82. The van der Waals surface area contributed by atoms with Crippen molar-refractivity contribution < 1.29 is 14.3 Å². The molecule has 24 heavy (non-hydrogen) atoms. The van der Waals surface area contributed by atoms with E-state index in [4.69, 9.17) is 4.74 Å². The largest absolute Gasteiger partial charge is 0.460 e. The molecule has 1 aromatic heterocycles. The lowest BCUT2D eigenvalue weighted by Crippen LogP contribution is -2.44. The van der Waals surface area contributed by atoms with Gasteiger partial charge in [-0.05, 0) is 51.0 Å². The number of hydrogen-bond donors (Lipinski definition) is 0. The van der Waals surface area contributed by atoms with Crippen LogP contribution in [0.2, 0.25) is 0 Å². The van der Waals surface area contributed by atoms with Gasteiger partial charge in [0.25, 0.3) is 0 Å². The predicted molar refractivity (Wildman–Crippen MR) is 87.0 cm³/mol. The Morgan fingerprint density at radius 2 is 1.92 bits per heavy atom. The highest BCUT2D eigenvalue weighted by Crippen LogP contribution is 2.34. The molecule has 0 bridgehead atoms. The fraction of sp³-hybridized carbons (Fsp3) is 0.722. The van der Waals surface area contributed by atoms with E-state index < -0.39 is 0 Å². The minimum atomic E-state index is -0.166. The van der Waals surface area contributed by atoms with Crippen molar-refractivity contribution in [2.75, 3.05) is 13.1 Å². The van der Waals surface area contributed by atoms with Gasteiger partial charge >= 0.3 is 5.97 Å². The summed E-state index contributed by atoms with van der Waals surface area (Å²) in [5.74, 6) is 0.161. The van der Waals surface area contributed by atoms with Gasteiger partial charge in [0, 0.05) is 31.4 Å². The van der Waals surface area contributed by atoms with Gasteiger partial charge in [0.2, 0.25) is 5.91 Å². The number of piperidine rings is 1. The summed E-state index contributed by atoms with van der Waals surface area (Å²) in [5.41, 5.74) is 0. The number of amides is 1. The van der Waals surface area contributed by atoms with Crippen molar-refractivity contribution in [2.45, 2.75) is 57.1 Å². The maximum absolute atomic E-state index is 12.6. The second-order valence-electron chi connectivity index (χ2n) is 7.36. The number of carbonyl (C=O) groups excluding carboxylic acids is 2. The topological polar surface area (TPSA) is 64.4 Å². The molecule has 2 heterocycles.